The topological polar surface area (TPSA) is 18.5 Å². The van der Waals surface area contributed by atoms with Crippen LogP contribution in [0.5, 0.6) is 0 Å². The average Bonchev–Trinajstić information content (AvgIpc) is 2.48. The van der Waals surface area contributed by atoms with Crippen molar-refractivity contribution in [1.82, 2.24) is 0 Å². The lowest BCUT2D eigenvalue weighted by Crippen LogP contribution is -2.41. The third-order valence-electron chi connectivity index (χ3n) is 3.63. The number of benzene rings is 1. The molecule has 0 radical (unpaired) electrons. The summed E-state index contributed by atoms with van der Waals surface area (Å²) in [5.41, 5.74) is -1.31. The second-order valence-electron chi connectivity index (χ2n) is 5.67. The first-order chi connectivity index (χ1) is 8.71. The normalized spacial score (nSPS) is 21.8. The molecule has 1 aromatic rings. The highest BCUT2D eigenvalue weighted by Crippen LogP contribution is 2.39. The Morgan fingerprint density at radius 1 is 1.16 bits per heavy atom. The van der Waals surface area contributed by atoms with Crippen LogP contribution in [-0.4, -0.2) is 18.3 Å². The molecule has 1 aromatic carbocycles. The summed E-state index contributed by atoms with van der Waals surface area (Å²) in [4.78, 5) is 0. The molecule has 2 nitrogen and oxygen atoms in total. The third kappa shape index (κ3) is 2.87. The van der Waals surface area contributed by atoms with E-state index < -0.39 is 29.9 Å². The zero-order chi connectivity index (χ0) is 14.3. The van der Waals surface area contributed by atoms with Crippen LogP contribution in [-0.2, 0) is 9.31 Å². The van der Waals surface area contributed by atoms with Crippen LogP contribution in [0, 0.1) is 5.82 Å². The molecule has 0 N–H and O–H groups in total. The van der Waals surface area contributed by atoms with Gasteiger partial charge in [-0.3, -0.25) is 0 Å². The fourth-order valence-corrected chi connectivity index (χ4v) is 1.78. The van der Waals surface area contributed by atoms with Gasteiger partial charge in [0.2, 0.25) is 0 Å². The average molecular weight is 266 g/mol. The van der Waals surface area contributed by atoms with Gasteiger partial charge in [-0.15, -0.1) is 0 Å². The summed E-state index contributed by atoms with van der Waals surface area (Å²) >= 11 is 0. The largest absolute Gasteiger partial charge is 0.525 e. The zero-order valence-electron chi connectivity index (χ0n) is 11.5. The van der Waals surface area contributed by atoms with Gasteiger partial charge in [0, 0.05) is 0 Å². The molecule has 0 saturated carbocycles. The van der Waals surface area contributed by atoms with Gasteiger partial charge in [0.25, 0.3) is 0 Å². The summed E-state index contributed by atoms with van der Waals surface area (Å²) in [5.74, 6) is -0.407. The molecule has 0 atom stereocenters. The first kappa shape index (κ1) is 14.2. The molecule has 1 heterocycles. The Hall–Kier alpha value is -1.20. The van der Waals surface area contributed by atoms with Crippen molar-refractivity contribution in [1.29, 1.82) is 0 Å². The Morgan fingerprint density at radius 3 is 2.26 bits per heavy atom. The number of rotatable bonds is 2. The van der Waals surface area contributed by atoms with Crippen molar-refractivity contribution in [2.75, 3.05) is 0 Å². The van der Waals surface area contributed by atoms with Crippen molar-refractivity contribution in [2.45, 2.75) is 38.9 Å². The molecule has 0 amide bonds. The molecule has 2 rings (SSSR count). The van der Waals surface area contributed by atoms with Crippen LogP contribution in [0.25, 0.3) is 6.08 Å². The van der Waals surface area contributed by atoms with Crippen LogP contribution >= 0.6 is 0 Å². The summed E-state index contributed by atoms with van der Waals surface area (Å²) in [6, 6.07) is 5.71. The maximum Gasteiger partial charge on any atom is 0.525 e. The molecule has 0 unspecified atom stereocenters. The molecule has 1 fully saturated rings. The Balaban J connectivity index is 2.20. The molecule has 1 aliphatic heterocycles. The van der Waals surface area contributed by atoms with Gasteiger partial charge >= 0.3 is 7.12 Å². The van der Waals surface area contributed by atoms with E-state index in [4.69, 9.17) is 9.31 Å². The van der Waals surface area contributed by atoms with Gasteiger partial charge in [0.15, 0.2) is 0 Å². The van der Waals surface area contributed by atoms with Gasteiger partial charge < -0.3 is 9.31 Å². The van der Waals surface area contributed by atoms with Crippen molar-refractivity contribution in [2.24, 2.45) is 0 Å². The molecule has 0 aromatic heterocycles. The monoisotopic (exact) mass is 266 g/mol. The molecule has 0 spiro atoms. The Morgan fingerprint density at radius 2 is 1.74 bits per heavy atom. The lowest BCUT2D eigenvalue weighted by atomic mass is 9.87. The molecule has 1 aliphatic rings. The SMILES string of the molecule is CC1(C)OB(C(F)=Cc2cccc(F)c2)OC1(C)C. The van der Waals surface area contributed by atoms with Crippen molar-refractivity contribution in [3.63, 3.8) is 0 Å². The molecule has 0 bridgehead atoms. The van der Waals surface area contributed by atoms with Crippen LogP contribution in [0.4, 0.5) is 8.78 Å². The van der Waals surface area contributed by atoms with Crippen LogP contribution in [0.2, 0.25) is 0 Å². The van der Waals surface area contributed by atoms with Gasteiger partial charge in [-0.2, -0.15) is 0 Å². The maximum absolute atomic E-state index is 14.1. The van der Waals surface area contributed by atoms with E-state index in [-0.39, 0.29) is 0 Å². The number of halogens is 2. The van der Waals surface area contributed by atoms with Crippen LogP contribution < -0.4 is 0 Å². The van der Waals surface area contributed by atoms with Crippen molar-refractivity contribution in [3.05, 3.63) is 41.4 Å². The summed E-state index contributed by atoms with van der Waals surface area (Å²) in [5, 5.41) is 0. The lowest BCUT2D eigenvalue weighted by Gasteiger charge is -2.32. The highest BCUT2D eigenvalue weighted by atomic mass is 19.1. The van der Waals surface area contributed by atoms with E-state index in [0.717, 1.165) is 0 Å². The molecular formula is C14H17BF2O2. The maximum atomic E-state index is 14.1. The highest BCUT2D eigenvalue weighted by molar-refractivity contribution is 6.54. The second-order valence-corrected chi connectivity index (χ2v) is 5.67. The van der Waals surface area contributed by atoms with Crippen LogP contribution in [0.15, 0.2) is 30.0 Å². The zero-order valence-corrected chi connectivity index (χ0v) is 11.5. The summed E-state index contributed by atoms with van der Waals surface area (Å²) in [6.07, 6.45) is 1.23. The van der Waals surface area contributed by atoms with Crippen LogP contribution in [0.3, 0.4) is 0 Å². The van der Waals surface area contributed by atoms with E-state index in [2.05, 4.69) is 0 Å². The van der Waals surface area contributed by atoms with Gasteiger partial charge in [0.1, 0.15) is 11.5 Å². The van der Waals surface area contributed by atoms with E-state index >= 15 is 0 Å². The minimum atomic E-state index is -1.05. The quantitative estimate of drug-likeness (QED) is 0.758. The number of hydrogen-bond acceptors (Lipinski definition) is 2. The summed E-state index contributed by atoms with van der Waals surface area (Å²) in [7, 11) is -1.05. The van der Waals surface area contributed by atoms with E-state index in [1.54, 1.807) is 6.07 Å². The van der Waals surface area contributed by atoms with E-state index in [1.165, 1.54) is 24.3 Å². The van der Waals surface area contributed by atoms with Crippen molar-refractivity contribution in [3.8, 4) is 0 Å². The van der Waals surface area contributed by atoms with E-state index in [0.29, 0.717) is 5.56 Å². The molecule has 19 heavy (non-hydrogen) atoms. The molecular weight excluding hydrogens is 249 g/mol. The second kappa shape index (κ2) is 4.73. The fourth-order valence-electron chi connectivity index (χ4n) is 1.78. The van der Waals surface area contributed by atoms with Gasteiger partial charge in [-0.1, -0.05) is 12.1 Å². The molecule has 5 heteroatoms. The Kier molecular flexibility index (Phi) is 3.54. The molecule has 102 valence electrons. The first-order valence-corrected chi connectivity index (χ1v) is 6.20. The summed E-state index contributed by atoms with van der Waals surface area (Å²) in [6.45, 7) is 7.40. The third-order valence-corrected chi connectivity index (χ3v) is 3.63. The minimum absolute atomic E-state index is 0.407. The first-order valence-electron chi connectivity index (χ1n) is 6.20. The number of hydrogen-bond donors (Lipinski definition) is 0. The van der Waals surface area contributed by atoms with Crippen molar-refractivity contribution < 1.29 is 18.1 Å². The predicted octanol–water partition coefficient (Wildman–Crippen LogP) is 3.77. The van der Waals surface area contributed by atoms with Crippen LogP contribution in [0.1, 0.15) is 33.3 Å². The predicted molar refractivity (Wildman–Crippen MR) is 71.6 cm³/mol. The highest BCUT2D eigenvalue weighted by Gasteiger charge is 2.52. The molecule has 0 aliphatic carbocycles. The van der Waals surface area contributed by atoms with Gasteiger partial charge in [-0.25, -0.2) is 8.78 Å². The fraction of sp³-hybridized carbons (Fsp3) is 0.429. The van der Waals surface area contributed by atoms with Gasteiger partial charge in [-0.05, 0) is 51.5 Å². The van der Waals surface area contributed by atoms with E-state index in [1.807, 2.05) is 27.7 Å². The summed E-state index contributed by atoms with van der Waals surface area (Å²) < 4.78 is 38.3. The molecule has 1 saturated heterocycles. The lowest BCUT2D eigenvalue weighted by molar-refractivity contribution is 0.00578. The Bertz CT molecular complexity index is 496. The van der Waals surface area contributed by atoms with Gasteiger partial charge in [0.05, 0.1) is 11.2 Å². The van der Waals surface area contributed by atoms with E-state index in [9.17, 15) is 8.78 Å². The van der Waals surface area contributed by atoms with Crippen molar-refractivity contribution >= 4 is 13.2 Å². The Labute approximate surface area is 112 Å². The minimum Gasteiger partial charge on any atom is -0.398 e. The smallest absolute Gasteiger partial charge is 0.398 e. The standard InChI is InChI=1S/C14H17BF2O2/c1-13(2)14(3,4)19-15(18-13)12(17)9-10-6-5-7-11(16)8-10/h5-9H,1-4H3.